The molecule has 6 heteroatoms. The number of anilines is 1. The topological polar surface area (TPSA) is 64.2 Å². The SMILES string of the molecule is CCC[C@H]1[C@H]2C[C@H](CN(c3nc(-c4ccccc4)no3)C2)c2cccc(=O)n21. The maximum Gasteiger partial charge on any atom is 0.324 e. The second kappa shape index (κ2) is 6.93. The van der Waals surface area contributed by atoms with Gasteiger partial charge in [0.25, 0.3) is 5.56 Å². The molecule has 1 aromatic carbocycles. The van der Waals surface area contributed by atoms with Crippen LogP contribution in [0, 0.1) is 5.92 Å². The van der Waals surface area contributed by atoms with Gasteiger partial charge in [-0.1, -0.05) is 54.9 Å². The lowest BCUT2D eigenvalue weighted by Gasteiger charge is -2.46. The second-order valence-corrected chi connectivity index (χ2v) is 7.88. The van der Waals surface area contributed by atoms with E-state index in [1.165, 1.54) is 0 Å². The third kappa shape index (κ3) is 2.84. The number of rotatable bonds is 4. The van der Waals surface area contributed by atoms with Crippen molar-refractivity contribution in [3.8, 4) is 11.4 Å². The molecule has 4 heterocycles. The van der Waals surface area contributed by atoms with Crippen molar-refractivity contribution in [3.05, 3.63) is 64.6 Å². The lowest BCUT2D eigenvalue weighted by atomic mass is 9.77. The molecule has 5 rings (SSSR count). The Morgan fingerprint density at radius 1 is 1.11 bits per heavy atom. The number of fused-ring (bicyclic) bond motifs is 4. The van der Waals surface area contributed by atoms with E-state index in [-0.39, 0.29) is 11.6 Å². The van der Waals surface area contributed by atoms with E-state index in [1.807, 2.05) is 36.4 Å². The van der Waals surface area contributed by atoms with Gasteiger partial charge in [0.1, 0.15) is 0 Å². The largest absolute Gasteiger partial charge is 0.324 e. The molecule has 1 fully saturated rings. The Morgan fingerprint density at radius 2 is 1.96 bits per heavy atom. The average molecular weight is 376 g/mol. The van der Waals surface area contributed by atoms with Crippen molar-refractivity contribution in [2.24, 2.45) is 5.92 Å². The number of piperidine rings is 1. The first-order chi connectivity index (χ1) is 13.7. The Morgan fingerprint density at radius 3 is 2.79 bits per heavy atom. The van der Waals surface area contributed by atoms with Gasteiger partial charge in [0.05, 0.1) is 0 Å². The highest BCUT2D eigenvalue weighted by molar-refractivity contribution is 5.55. The lowest BCUT2D eigenvalue weighted by Crippen LogP contribution is -2.49. The third-order valence-corrected chi connectivity index (χ3v) is 6.10. The summed E-state index contributed by atoms with van der Waals surface area (Å²) < 4.78 is 7.69. The van der Waals surface area contributed by atoms with Gasteiger partial charge in [-0.25, -0.2) is 0 Å². The van der Waals surface area contributed by atoms with Crippen LogP contribution in [0.4, 0.5) is 6.01 Å². The minimum absolute atomic E-state index is 0.128. The minimum Gasteiger partial charge on any atom is -0.323 e. The molecule has 2 bridgehead atoms. The monoisotopic (exact) mass is 376 g/mol. The lowest BCUT2D eigenvalue weighted by molar-refractivity contribution is 0.196. The molecule has 2 aliphatic heterocycles. The quantitative estimate of drug-likeness (QED) is 0.692. The Balaban J connectivity index is 1.48. The number of pyridine rings is 1. The molecule has 0 unspecified atom stereocenters. The summed E-state index contributed by atoms with van der Waals surface area (Å²) in [5.74, 6) is 1.35. The van der Waals surface area contributed by atoms with Crippen LogP contribution in [-0.2, 0) is 0 Å². The van der Waals surface area contributed by atoms with E-state index in [2.05, 4.69) is 32.6 Å². The Hall–Kier alpha value is -2.89. The zero-order valence-corrected chi connectivity index (χ0v) is 16.0. The molecule has 2 aromatic heterocycles. The number of benzene rings is 1. The summed E-state index contributed by atoms with van der Waals surface area (Å²) in [5, 5.41) is 4.19. The first-order valence-corrected chi connectivity index (χ1v) is 10.1. The molecule has 2 aliphatic rings. The summed E-state index contributed by atoms with van der Waals surface area (Å²) in [7, 11) is 0. The average Bonchev–Trinajstić information content (AvgIpc) is 3.22. The van der Waals surface area contributed by atoms with Gasteiger partial charge in [-0.3, -0.25) is 4.79 Å². The predicted molar refractivity (Wildman–Crippen MR) is 107 cm³/mol. The van der Waals surface area contributed by atoms with Gasteiger partial charge in [0.15, 0.2) is 0 Å². The van der Waals surface area contributed by atoms with Gasteiger partial charge in [0, 0.05) is 42.4 Å². The van der Waals surface area contributed by atoms with Crippen LogP contribution in [0.5, 0.6) is 0 Å². The highest BCUT2D eigenvalue weighted by atomic mass is 16.5. The molecule has 28 heavy (non-hydrogen) atoms. The first-order valence-electron chi connectivity index (χ1n) is 10.1. The van der Waals surface area contributed by atoms with Crippen LogP contribution in [0.25, 0.3) is 11.4 Å². The van der Waals surface area contributed by atoms with Crippen LogP contribution in [-0.4, -0.2) is 27.8 Å². The van der Waals surface area contributed by atoms with Gasteiger partial charge in [0.2, 0.25) is 5.82 Å². The number of aromatic nitrogens is 3. The zero-order valence-electron chi connectivity index (χ0n) is 16.0. The van der Waals surface area contributed by atoms with E-state index in [4.69, 9.17) is 4.52 Å². The number of hydrogen-bond donors (Lipinski definition) is 0. The molecule has 0 spiro atoms. The maximum atomic E-state index is 12.6. The molecule has 0 radical (unpaired) electrons. The minimum atomic E-state index is 0.128. The smallest absolute Gasteiger partial charge is 0.323 e. The second-order valence-electron chi connectivity index (χ2n) is 7.88. The van der Waals surface area contributed by atoms with Gasteiger partial charge in [-0.15, -0.1) is 0 Å². The molecule has 0 N–H and O–H groups in total. The van der Waals surface area contributed by atoms with Crippen LogP contribution in [0.2, 0.25) is 0 Å². The van der Waals surface area contributed by atoms with Gasteiger partial charge in [-0.2, -0.15) is 4.98 Å². The molecule has 3 aromatic rings. The van der Waals surface area contributed by atoms with E-state index >= 15 is 0 Å². The Bertz CT molecular complexity index is 1030. The van der Waals surface area contributed by atoms with Crippen molar-refractivity contribution in [1.82, 2.24) is 14.7 Å². The van der Waals surface area contributed by atoms with E-state index in [0.717, 1.165) is 43.6 Å². The molecule has 1 saturated heterocycles. The zero-order chi connectivity index (χ0) is 19.1. The third-order valence-electron chi connectivity index (χ3n) is 6.10. The van der Waals surface area contributed by atoms with Crippen LogP contribution in [0.3, 0.4) is 0 Å². The van der Waals surface area contributed by atoms with Crippen molar-refractivity contribution in [2.45, 2.75) is 38.1 Å². The number of hydrogen-bond acceptors (Lipinski definition) is 5. The summed E-state index contributed by atoms with van der Waals surface area (Å²) >= 11 is 0. The molecular formula is C22H24N4O2. The van der Waals surface area contributed by atoms with E-state index in [9.17, 15) is 4.79 Å². The van der Waals surface area contributed by atoms with Crippen LogP contribution >= 0.6 is 0 Å². The van der Waals surface area contributed by atoms with Crippen LogP contribution in [0.15, 0.2) is 57.8 Å². The standard InChI is InChI=1S/C22H24N4O2/c1-2-7-18-16-12-17(19-10-6-11-20(27)26(18)19)14-25(13-16)22-23-21(24-28-22)15-8-4-3-5-9-15/h3-6,8-11,16-18H,2,7,12-14H2,1H3/t16-,17+,18-/m0/s1. The summed E-state index contributed by atoms with van der Waals surface area (Å²) in [4.78, 5) is 19.5. The van der Waals surface area contributed by atoms with Crippen molar-refractivity contribution >= 4 is 6.01 Å². The van der Waals surface area contributed by atoms with E-state index in [0.29, 0.717) is 23.7 Å². The van der Waals surface area contributed by atoms with Crippen LogP contribution < -0.4 is 10.5 Å². The molecule has 6 nitrogen and oxygen atoms in total. The van der Waals surface area contributed by atoms with E-state index in [1.54, 1.807) is 6.07 Å². The Kier molecular flexibility index (Phi) is 4.26. The summed E-state index contributed by atoms with van der Waals surface area (Å²) in [6.45, 7) is 3.83. The molecular weight excluding hydrogens is 352 g/mol. The maximum absolute atomic E-state index is 12.6. The molecule has 0 saturated carbocycles. The summed E-state index contributed by atoms with van der Waals surface area (Å²) in [6, 6.07) is 16.4. The van der Waals surface area contributed by atoms with Crippen LogP contribution in [0.1, 0.15) is 43.8 Å². The molecule has 0 aliphatic carbocycles. The van der Waals surface area contributed by atoms with Crippen molar-refractivity contribution < 1.29 is 4.52 Å². The predicted octanol–water partition coefficient (Wildman–Crippen LogP) is 3.86. The fraction of sp³-hybridized carbons (Fsp3) is 0.409. The van der Waals surface area contributed by atoms with Gasteiger partial charge < -0.3 is 14.0 Å². The molecule has 144 valence electrons. The van der Waals surface area contributed by atoms with Gasteiger partial charge in [-0.05, 0) is 24.8 Å². The Labute approximate surface area is 163 Å². The van der Waals surface area contributed by atoms with Crippen molar-refractivity contribution in [3.63, 3.8) is 0 Å². The fourth-order valence-corrected chi connectivity index (χ4v) is 4.91. The number of nitrogens with zero attached hydrogens (tertiary/aromatic N) is 4. The summed E-state index contributed by atoms with van der Waals surface area (Å²) in [5.41, 5.74) is 2.23. The fourth-order valence-electron chi connectivity index (χ4n) is 4.91. The van der Waals surface area contributed by atoms with Crippen molar-refractivity contribution in [2.75, 3.05) is 18.0 Å². The summed E-state index contributed by atoms with van der Waals surface area (Å²) in [6.07, 6.45) is 3.19. The molecule has 3 atom stereocenters. The van der Waals surface area contributed by atoms with Crippen molar-refractivity contribution in [1.29, 1.82) is 0 Å². The molecule has 0 amide bonds. The van der Waals surface area contributed by atoms with Gasteiger partial charge >= 0.3 is 6.01 Å². The highest BCUT2D eigenvalue weighted by Gasteiger charge is 2.41. The first kappa shape index (κ1) is 17.2. The van der Waals surface area contributed by atoms with E-state index < -0.39 is 0 Å². The normalized spacial score (nSPS) is 23.5. The highest BCUT2D eigenvalue weighted by Crippen LogP contribution is 2.43.